The first kappa shape index (κ1) is 14.7. The number of hydrogen-bond donors (Lipinski definition) is 3. The van der Waals surface area contributed by atoms with E-state index in [1.165, 1.54) is 6.08 Å². The predicted molar refractivity (Wildman–Crippen MR) is 65.5 cm³/mol. The third-order valence-electron chi connectivity index (χ3n) is 2.21. The van der Waals surface area contributed by atoms with Crippen molar-refractivity contribution in [3.8, 4) is 0 Å². The first-order chi connectivity index (χ1) is 9.02. The van der Waals surface area contributed by atoms with E-state index in [0.29, 0.717) is 18.1 Å². The Balaban J connectivity index is 2.30. The lowest BCUT2D eigenvalue weighted by Gasteiger charge is -2.12. The smallest absolute Gasteiger partial charge is 0.326 e. The summed E-state index contributed by atoms with van der Waals surface area (Å²) in [5.74, 6) is -0.168. The van der Waals surface area contributed by atoms with Crippen LogP contribution >= 0.6 is 0 Å². The molecule has 1 rings (SSSR count). The van der Waals surface area contributed by atoms with E-state index in [4.69, 9.17) is 9.63 Å². The van der Waals surface area contributed by atoms with Gasteiger partial charge < -0.3 is 20.3 Å². The van der Waals surface area contributed by atoms with Crippen LogP contribution in [-0.2, 0) is 11.2 Å². The zero-order chi connectivity index (χ0) is 14.3. The fraction of sp³-hybridized carbons (Fsp3) is 0.455. The zero-order valence-electron chi connectivity index (χ0n) is 10.5. The summed E-state index contributed by atoms with van der Waals surface area (Å²) in [6, 6.07) is -1.54. The summed E-state index contributed by atoms with van der Waals surface area (Å²) in [7, 11) is 0. The monoisotopic (exact) mass is 268 g/mol. The standard InChI is InChI=1S/C11H16N4O4/c1-3-4-8(10(16)17)14-11(18)12-6-5-9-13-7(2)19-15-9/h3,8H,1,4-6H2,2H3,(H,16,17)(H2,12,14,18). The van der Waals surface area contributed by atoms with Crippen molar-refractivity contribution < 1.29 is 19.2 Å². The molecule has 0 aliphatic carbocycles. The van der Waals surface area contributed by atoms with Crippen LogP contribution in [0.5, 0.6) is 0 Å². The average Bonchev–Trinajstić information content (AvgIpc) is 2.74. The highest BCUT2D eigenvalue weighted by molar-refractivity contribution is 5.82. The molecule has 0 radical (unpaired) electrons. The normalized spacial score (nSPS) is 11.6. The number of urea groups is 1. The lowest BCUT2D eigenvalue weighted by molar-refractivity contribution is -0.139. The number of nitrogens with one attached hydrogen (secondary N) is 2. The number of rotatable bonds is 7. The number of hydrogen-bond acceptors (Lipinski definition) is 5. The van der Waals surface area contributed by atoms with Crippen LogP contribution in [0.4, 0.5) is 4.79 Å². The second-order valence-corrected chi connectivity index (χ2v) is 3.80. The highest BCUT2D eigenvalue weighted by atomic mass is 16.5. The Labute approximate surface area is 109 Å². The molecule has 2 amide bonds. The molecule has 3 N–H and O–H groups in total. The number of carboxylic acid groups (broad SMARTS) is 1. The van der Waals surface area contributed by atoms with Gasteiger partial charge in [-0.15, -0.1) is 6.58 Å². The molecule has 1 unspecified atom stereocenters. The summed E-state index contributed by atoms with van der Waals surface area (Å²) in [6.07, 6.45) is 2.00. The molecule has 0 saturated heterocycles. The van der Waals surface area contributed by atoms with Gasteiger partial charge in [0.15, 0.2) is 5.82 Å². The maximum Gasteiger partial charge on any atom is 0.326 e. The van der Waals surface area contributed by atoms with Gasteiger partial charge in [-0.05, 0) is 6.42 Å². The Morgan fingerprint density at radius 1 is 1.58 bits per heavy atom. The van der Waals surface area contributed by atoms with Gasteiger partial charge >= 0.3 is 12.0 Å². The van der Waals surface area contributed by atoms with Crippen molar-refractivity contribution in [3.63, 3.8) is 0 Å². The molecule has 19 heavy (non-hydrogen) atoms. The number of amides is 2. The van der Waals surface area contributed by atoms with Crippen molar-refractivity contribution in [1.82, 2.24) is 20.8 Å². The lowest BCUT2D eigenvalue weighted by Crippen LogP contribution is -2.46. The molecule has 104 valence electrons. The number of nitrogens with zero attached hydrogens (tertiary/aromatic N) is 2. The van der Waals surface area contributed by atoms with E-state index in [9.17, 15) is 9.59 Å². The van der Waals surface area contributed by atoms with E-state index >= 15 is 0 Å². The molecule has 1 heterocycles. The van der Waals surface area contributed by atoms with E-state index in [1.54, 1.807) is 6.92 Å². The predicted octanol–water partition coefficient (Wildman–Crippen LogP) is 0.249. The maximum absolute atomic E-state index is 11.4. The van der Waals surface area contributed by atoms with Gasteiger partial charge in [-0.25, -0.2) is 9.59 Å². The van der Waals surface area contributed by atoms with E-state index in [0.717, 1.165) is 0 Å². The molecular formula is C11H16N4O4. The van der Waals surface area contributed by atoms with Crippen molar-refractivity contribution in [2.45, 2.75) is 25.8 Å². The van der Waals surface area contributed by atoms with E-state index in [-0.39, 0.29) is 13.0 Å². The number of aryl methyl sites for hydroxylation is 1. The van der Waals surface area contributed by atoms with Crippen molar-refractivity contribution in [1.29, 1.82) is 0 Å². The molecule has 0 spiro atoms. The number of carbonyl (C=O) groups is 2. The van der Waals surface area contributed by atoms with Gasteiger partial charge in [-0.2, -0.15) is 4.98 Å². The SMILES string of the molecule is C=CCC(NC(=O)NCCc1noc(C)n1)C(=O)O. The van der Waals surface area contributed by atoms with Gasteiger partial charge in [0, 0.05) is 19.9 Å². The van der Waals surface area contributed by atoms with Crippen LogP contribution in [0.1, 0.15) is 18.1 Å². The van der Waals surface area contributed by atoms with Crippen molar-refractivity contribution in [2.24, 2.45) is 0 Å². The highest BCUT2D eigenvalue weighted by Gasteiger charge is 2.17. The third-order valence-corrected chi connectivity index (χ3v) is 2.21. The number of carboxylic acids is 1. The highest BCUT2D eigenvalue weighted by Crippen LogP contribution is 1.95. The molecular weight excluding hydrogens is 252 g/mol. The first-order valence-electron chi connectivity index (χ1n) is 5.70. The molecule has 0 fully saturated rings. The van der Waals surface area contributed by atoms with Crippen LogP contribution < -0.4 is 10.6 Å². The topological polar surface area (TPSA) is 117 Å². The number of aromatic nitrogens is 2. The van der Waals surface area contributed by atoms with Gasteiger partial charge in [0.1, 0.15) is 6.04 Å². The van der Waals surface area contributed by atoms with Crippen LogP contribution in [0.15, 0.2) is 17.2 Å². The van der Waals surface area contributed by atoms with Crippen molar-refractivity contribution >= 4 is 12.0 Å². The fourth-order valence-electron chi connectivity index (χ4n) is 1.33. The fourth-order valence-corrected chi connectivity index (χ4v) is 1.33. The Morgan fingerprint density at radius 2 is 2.32 bits per heavy atom. The second-order valence-electron chi connectivity index (χ2n) is 3.80. The number of aliphatic carboxylic acids is 1. The molecule has 8 nitrogen and oxygen atoms in total. The van der Waals surface area contributed by atoms with Crippen LogP contribution in [0.2, 0.25) is 0 Å². The minimum absolute atomic E-state index is 0.160. The Bertz CT molecular complexity index is 457. The Morgan fingerprint density at radius 3 is 2.84 bits per heavy atom. The third kappa shape index (κ3) is 5.19. The summed E-state index contributed by atoms with van der Waals surface area (Å²) < 4.78 is 4.77. The van der Waals surface area contributed by atoms with Gasteiger partial charge in [0.2, 0.25) is 5.89 Å². The minimum Gasteiger partial charge on any atom is -0.480 e. The van der Waals surface area contributed by atoms with Crippen molar-refractivity contribution in [2.75, 3.05) is 6.54 Å². The summed E-state index contributed by atoms with van der Waals surface area (Å²) in [5, 5.41) is 17.3. The van der Waals surface area contributed by atoms with E-state index in [1.807, 2.05) is 0 Å². The molecule has 0 saturated carbocycles. The van der Waals surface area contributed by atoms with Crippen LogP contribution in [0, 0.1) is 6.92 Å². The molecule has 1 atom stereocenters. The molecule has 8 heteroatoms. The summed E-state index contributed by atoms with van der Waals surface area (Å²) in [5.41, 5.74) is 0. The van der Waals surface area contributed by atoms with Gasteiger partial charge in [0.05, 0.1) is 0 Å². The molecule has 1 aromatic heterocycles. The van der Waals surface area contributed by atoms with Gasteiger partial charge in [-0.1, -0.05) is 11.2 Å². The minimum atomic E-state index is -1.11. The lowest BCUT2D eigenvalue weighted by atomic mass is 10.2. The van der Waals surface area contributed by atoms with Crippen LogP contribution in [0.25, 0.3) is 0 Å². The largest absolute Gasteiger partial charge is 0.480 e. The molecule has 0 bridgehead atoms. The first-order valence-corrected chi connectivity index (χ1v) is 5.70. The quantitative estimate of drug-likeness (QED) is 0.610. The zero-order valence-corrected chi connectivity index (χ0v) is 10.5. The van der Waals surface area contributed by atoms with Crippen molar-refractivity contribution in [3.05, 3.63) is 24.4 Å². The Kier molecular flexibility index (Phi) is 5.52. The summed E-state index contributed by atoms with van der Waals surface area (Å²) in [4.78, 5) is 26.2. The molecule has 1 aromatic rings. The van der Waals surface area contributed by atoms with E-state index < -0.39 is 18.0 Å². The summed E-state index contributed by atoms with van der Waals surface area (Å²) >= 11 is 0. The van der Waals surface area contributed by atoms with Gasteiger partial charge in [-0.3, -0.25) is 0 Å². The second kappa shape index (κ2) is 7.14. The van der Waals surface area contributed by atoms with Gasteiger partial charge in [0.25, 0.3) is 0 Å². The maximum atomic E-state index is 11.4. The van der Waals surface area contributed by atoms with Crippen LogP contribution in [0.3, 0.4) is 0 Å². The number of carbonyl (C=O) groups excluding carboxylic acids is 1. The molecule has 0 aliphatic rings. The summed E-state index contributed by atoms with van der Waals surface area (Å²) in [6.45, 7) is 5.39. The molecule has 0 aliphatic heterocycles. The van der Waals surface area contributed by atoms with E-state index in [2.05, 4.69) is 27.4 Å². The average molecular weight is 268 g/mol. The molecule has 0 aromatic carbocycles. The Hall–Kier alpha value is -2.38. The van der Waals surface area contributed by atoms with Crippen LogP contribution in [-0.4, -0.2) is 39.8 Å².